The first-order valence-corrected chi connectivity index (χ1v) is 6.52. The van der Waals surface area contributed by atoms with Crippen molar-refractivity contribution in [3.05, 3.63) is 0 Å². The van der Waals surface area contributed by atoms with Crippen molar-refractivity contribution >= 4 is 0 Å². The van der Waals surface area contributed by atoms with E-state index in [1.54, 1.807) is 0 Å². The van der Waals surface area contributed by atoms with Crippen molar-refractivity contribution < 1.29 is 14.4 Å². The average Bonchev–Trinajstić information content (AvgIpc) is 2.13. The molecule has 2 fully saturated rings. The Morgan fingerprint density at radius 2 is 1.00 bits per heavy atom. The molecule has 5 heteroatoms. The minimum Gasteiger partial charge on any atom is -0.373 e. The molecule has 0 aliphatic carbocycles. The van der Waals surface area contributed by atoms with Gasteiger partial charge in [0.1, 0.15) is 0 Å². The fraction of sp³-hybridized carbons (Fsp3) is 1.00. The van der Waals surface area contributed by atoms with Gasteiger partial charge in [-0.15, -0.1) is 0 Å². The van der Waals surface area contributed by atoms with Gasteiger partial charge in [0.15, 0.2) is 0 Å². The van der Waals surface area contributed by atoms with E-state index in [-0.39, 0.29) is 24.4 Å². The van der Waals surface area contributed by atoms with E-state index in [0.717, 1.165) is 26.2 Å². The number of hydrogen-bond acceptors (Lipinski definition) is 5. The number of nitrogens with zero attached hydrogens (tertiary/aromatic N) is 2. The molecule has 0 amide bonds. The Morgan fingerprint density at radius 1 is 0.706 bits per heavy atom. The molecule has 100 valence electrons. The summed E-state index contributed by atoms with van der Waals surface area (Å²) in [5.74, 6) is 0. The predicted octanol–water partition coefficient (Wildman–Crippen LogP) is 1.05. The van der Waals surface area contributed by atoms with Crippen LogP contribution in [0.25, 0.3) is 0 Å². The van der Waals surface area contributed by atoms with Gasteiger partial charge >= 0.3 is 0 Å². The van der Waals surface area contributed by atoms with Crippen LogP contribution < -0.4 is 0 Å². The Morgan fingerprint density at radius 3 is 1.29 bits per heavy atom. The Kier molecular flexibility index (Phi) is 4.38. The van der Waals surface area contributed by atoms with Crippen LogP contribution in [0, 0.1) is 0 Å². The van der Waals surface area contributed by atoms with Crippen molar-refractivity contribution in [2.45, 2.75) is 52.1 Å². The normalized spacial score (nSPS) is 41.6. The summed E-state index contributed by atoms with van der Waals surface area (Å²) in [6.45, 7) is 11.6. The summed E-state index contributed by atoms with van der Waals surface area (Å²) >= 11 is 0. The van der Waals surface area contributed by atoms with Crippen LogP contribution in [0.2, 0.25) is 0 Å². The van der Waals surface area contributed by atoms with Gasteiger partial charge in [-0.1, -0.05) is 0 Å². The third-order valence-corrected chi connectivity index (χ3v) is 3.00. The van der Waals surface area contributed by atoms with E-state index >= 15 is 0 Å². The van der Waals surface area contributed by atoms with Gasteiger partial charge in [0, 0.05) is 0 Å². The van der Waals surface area contributed by atoms with Crippen LogP contribution in [-0.2, 0) is 14.4 Å². The van der Waals surface area contributed by atoms with Crippen LogP contribution in [-0.4, -0.2) is 60.7 Å². The largest absolute Gasteiger partial charge is 0.373 e. The van der Waals surface area contributed by atoms with Crippen molar-refractivity contribution in [3.8, 4) is 0 Å². The zero-order chi connectivity index (χ0) is 12.4. The van der Waals surface area contributed by atoms with Crippen molar-refractivity contribution in [1.29, 1.82) is 0 Å². The fourth-order valence-corrected chi connectivity index (χ4v) is 2.56. The second-order valence-corrected chi connectivity index (χ2v) is 5.29. The summed E-state index contributed by atoms with van der Waals surface area (Å²) in [7, 11) is 0. The first-order chi connectivity index (χ1) is 8.02. The van der Waals surface area contributed by atoms with Crippen molar-refractivity contribution in [2.75, 3.05) is 26.2 Å². The number of hydrogen-bond donors (Lipinski definition) is 0. The first kappa shape index (κ1) is 13.2. The summed E-state index contributed by atoms with van der Waals surface area (Å²) < 4.78 is 11.4. The highest BCUT2D eigenvalue weighted by Gasteiger charge is 2.28. The Hall–Kier alpha value is -0.200. The van der Waals surface area contributed by atoms with Gasteiger partial charge in [-0.2, -0.15) is 10.1 Å². The molecule has 2 heterocycles. The van der Waals surface area contributed by atoms with Gasteiger partial charge in [0.25, 0.3) is 0 Å². The molecule has 0 bridgehead atoms. The molecule has 0 aromatic carbocycles. The minimum absolute atomic E-state index is 0.231. The van der Waals surface area contributed by atoms with Gasteiger partial charge in [0.05, 0.1) is 50.6 Å². The second kappa shape index (κ2) is 5.63. The maximum atomic E-state index is 5.92. The molecule has 2 aliphatic rings. The van der Waals surface area contributed by atoms with E-state index in [1.165, 1.54) is 0 Å². The second-order valence-electron chi connectivity index (χ2n) is 5.29. The molecule has 2 rings (SSSR count). The van der Waals surface area contributed by atoms with E-state index in [0.29, 0.717) is 0 Å². The van der Waals surface area contributed by atoms with E-state index in [9.17, 15) is 0 Å². The van der Waals surface area contributed by atoms with Crippen LogP contribution in [0.15, 0.2) is 0 Å². The number of ether oxygens (including phenoxy) is 2. The Labute approximate surface area is 104 Å². The number of morpholine rings is 2. The lowest BCUT2D eigenvalue weighted by Crippen LogP contribution is -2.52. The lowest BCUT2D eigenvalue weighted by Gasteiger charge is -2.40. The van der Waals surface area contributed by atoms with E-state index in [1.807, 2.05) is 10.1 Å². The molecule has 5 nitrogen and oxygen atoms in total. The molecule has 2 aliphatic heterocycles. The third kappa shape index (κ3) is 3.89. The van der Waals surface area contributed by atoms with E-state index in [2.05, 4.69) is 27.7 Å². The zero-order valence-corrected chi connectivity index (χ0v) is 11.3. The zero-order valence-electron chi connectivity index (χ0n) is 11.3. The van der Waals surface area contributed by atoms with Crippen LogP contribution in [0.5, 0.6) is 0 Å². The lowest BCUT2D eigenvalue weighted by atomic mass is 10.2. The molecular formula is C12H24N2O3. The number of hydroxylamine groups is 4. The first-order valence-electron chi connectivity index (χ1n) is 6.52. The molecule has 0 aromatic heterocycles. The van der Waals surface area contributed by atoms with Gasteiger partial charge in [-0.3, -0.25) is 0 Å². The molecule has 17 heavy (non-hydrogen) atoms. The smallest absolute Gasteiger partial charge is 0.0702 e. The topological polar surface area (TPSA) is 34.2 Å². The van der Waals surface area contributed by atoms with Crippen molar-refractivity contribution in [2.24, 2.45) is 0 Å². The number of rotatable bonds is 2. The summed E-state index contributed by atoms with van der Waals surface area (Å²) in [6, 6.07) is 0. The highest BCUT2D eigenvalue weighted by molar-refractivity contribution is 4.70. The summed E-state index contributed by atoms with van der Waals surface area (Å²) in [6.07, 6.45) is 0.925. The van der Waals surface area contributed by atoms with Crippen LogP contribution >= 0.6 is 0 Å². The van der Waals surface area contributed by atoms with E-state index in [4.69, 9.17) is 14.4 Å². The van der Waals surface area contributed by atoms with Crippen LogP contribution in [0.4, 0.5) is 0 Å². The quantitative estimate of drug-likeness (QED) is 0.725. The SMILES string of the molecule is CC1CN(ON2CC(C)OC(C)C2)CC(C)O1. The van der Waals surface area contributed by atoms with Crippen molar-refractivity contribution in [3.63, 3.8) is 0 Å². The van der Waals surface area contributed by atoms with Gasteiger partial charge in [0.2, 0.25) is 0 Å². The average molecular weight is 244 g/mol. The highest BCUT2D eigenvalue weighted by Crippen LogP contribution is 2.16. The Balaban J connectivity index is 1.83. The Bertz CT molecular complexity index is 208. The lowest BCUT2D eigenvalue weighted by molar-refractivity contribution is -0.369. The molecule has 0 aromatic rings. The third-order valence-electron chi connectivity index (χ3n) is 3.00. The molecular weight excluding hydrogens is 220 g/mol. The van der Waals surface area contributed by atoms with E-state index < -0.39 is 0 Å². The van der Waals surface area contributed by atoms with Crippen LogP contribution in [0.1, 0.15) is 27.7 Å². The summed E-state index contributed by atoms with van der Waals surface area (Å²) in [4.78, 5) is 5.92. The maximum absolute atomic E-state index is 5.92. The highest BCUT2D eigenvalue weighted by atomic mass is 16.8. The summed E-state index contributed by atoms with van der Waals surface area (Å²) in [5.41, 5.74) is 0. The fourth-order valence-electron chi connectivity index (χ4n) is 2.56. The molecule has 0 N–H and O–H groups in total. The molecule has 2 saturated heterocycles. The monoisotopic (exact) mass is 244 g/mol. The summed E-state index contributed by atoms with van der Waals surface area (Å²) in [5, 5.41) is 4.01. The molecule has 0 saturated carbocycles. The van der Waals surface area contributed by atoms with Gasteiger partial charge in [-0.25, -0.2) is 4.94 Å². The standard InChI is InChI=1S/C12H24N2O3/c1-9-5-13(6-10(2)15-9)17-14-7-11(3)16-12(4)8-14/h9-12H,5-8H2,1-4H3. The predicted molar refractivity (Wildman–Crippen MR) is 64.2 cm³/mol. The van der Waals surface area contributed by atoms with Crippen molar-refractivity contribution in [1.82, 2.24) is 10.1 Å². The van der Waals surface area contributed by atoms with Gasteiger partial charge < -0.3 is 9.47 Å². The van der Waals surface area contributed by atoms with Crippen LogP contribution in [0.3, 0.4) is 0 Å². The molecule has 4 unspecified atom stereocenters. The molecule has 4 atom stereocenters. The maximum Gasteiger partial charge on any atom is 0.0702 e. The molecule has 0 spiro atoms. The molecule has 0 radical (unpaired) electrons. The minimum atomic E-state index is 0.231. The van der Waals surface area contributed by atoms with Gasteiger partial charge in [-0.05, 0) is 27.7 Å².